The van der Waals surface area contributed by atoms with Crippen LogP contribution in [0.25, 0.3) is 0 Å². The number of nitrogen functional groups attached to an aromatic ring is 1. The van der Waals surface area contributed by atoms with Crippen LogP contribution in [0.15, 0.2) is 46.9 Å². The Morgan fingerprint density at radius 3 is 2.60 bits per heavy atom. The summed E-state index contributed by atoms with van der Waals surface area (Å²) in [6.07, 6.45) is 0. The molecule has 0 aliphatic rings. The quantitative estimate of drug-likeness (QED) is 0.748. The minimum atomic E-state index is -0.374. The van der Waals surface area contributed by atoms with Crippen molar-refractivity contribution >= 4 is 39.0 Å². The van der Waals surface area contributed by atoms with Gasteiger partial charge in [0.15, 0.2) is 0 Å². The number of carbonyl (C=O) groups is 1. The molecule has 2 aromatic rings. The molecular weight excluding hydrogens is 322 g/mol. The highest BCUT2D eigenvalue weighted by molar-refractivity contribution is 9.10. The summed E-state index contributed by atoms with van der Waals surface area (Å²) in [4.78, 5) is 12.0. The molecule has 0 atom stereocenters. The van der Waals surface area contributed by atoms with Gasteiger partial charge in [0.1, 0.15) is 5.75 Å². The molecule has 0 saturated heterocycles. The maximum atomic E-state index is 12.0. The number of amides is 2. The minimum Gasteiger partial charge on any atom is -0.495 e. The number of rotatable bonds is 3. The fourth-order valence-electron chi connectivity index (χ4n) is 1.66. The number of nitrogens with two attached hydrogens (primary N) is 1. The third-order valence-corrected chi connectivity index (χ3v) is 3.29. The lowest BCUT2D eigenvalue weighted by Gasteiger charge is -2.12. The van der Waals surface area contributed by atoms with Crippen molar-refractivity contribution in [2.75, 3.05) is 23.5 Å². The van der Waals surface area contributed by atoms with Crippen LogP contribution in [0.2, 0.25) is 0 Å². The Morgan fingerprint density at radius 2 is 1.85 bits per heavy atom. The molecular formula is C14H14BrN3O2. The van der Waals surface area contributed by atoms with Gasteiger partial charge in [0.2, 0.25) is 0 Å². The largest absolute Gasteiger partial charge is 0.495 e. The lowest BCUT2D eigenvalue weighted by atomic mass is 10.3. The van der Waals surface area contributed by atoms with Gasteiger partial charge in [-0.3, -0.25) is 0 Å². The highest BCUT2D eigenvalue weighted by Gasteiger charge is 2.08. The number of ether oxygens (including phenoxy) is 1. The molecule has 5 nitrogen and oxygen atoms in total. The third-order valence-electron chi connectivity index (χ3n) is 2.59. The van der Waals surface area contributed by atoms with Crippen LogP contribution in [0.5, 0.6) is 5.75 Å². The Bertz CT molecular complexity index is 632. The van der Waals surface area contributed by atoms with Crippen LogP contribution in [-0.2, 0) is 0 Å². The summed E-state index contributed by atoms with van der Waals surface area (Å²) in [5.41, 5.74) is 7.44. The summed E-state index contributed by atoms with van der Waals surface area (Å²) in [5, 5.41) is 5.44. The zero-order valence-electron chi connectivity index (χ0n) is 10.8. The number of anilines is 3. The van der Waals surface area contributed by atoms with Crippen molar-refractivity contribution in [1.29, 1.82) is 0 Å². The number of para-hydroxylation sites is 2. The average Bonchev–Trinajstić information content (AvgIpc) is 2.43. The van der Waals surface area contributed by atoms with Crippen LogP contribution in [0.3, 0.4) is 0 Å². The van der Waals surface area contributed by atoms with Crippen LogP contribution < -0.4 is 21.1 Å². The summed E-state index contributed by atoms with van der Waals surface area (Å²) >= 11 is 3.35. The second-order valence-electron chi connectivity index (χ2n) is 4.02. The Kier molecular flexibility index (Phi) is 4.47. The van der Waals surface area contributed by atoms with Gasteiger partial charge in [0.05, 0.1) is 18.5 Å². The van der Waals surface area contributed by atoms with Gasteiger partial charge >= 0.3 is 6.03 Å². The molecule has 2 amide bonds. The molecule has 0 fully saturated rings. The summed E-state index contributed by atoms with van der Waals surface area (Å²) in [5.74, 6) is 0.592. The summed E-state index contributed by atoms with van der Waals surface area (Å²) in [6.45, 7) is 0. The molecule has 2 aromatic carbocycles. The van der Waals surface area contributed by atoms with Gasteiger partial charge in [-0.2, -0.15) is 0 Å². The van der Waals surface area contributed by atoms with E-state index in [0.29, 0.717) is 22.8 Å². The second-order valence-corrected chi connectivity index (χ2v) is 4.87. The number of nitrogens with one attached hydrogen (secondary N) is 2. The molecule has 0 bridgehead atoms. The molecule has 6 heteroatoms. The minimum absolute atomic E-state index is 0.374. The van der Waals surface area contributed by atoms with Crippen molar-refractivity contribution in [2.45, 2.75) is 0 Å². The van der Waals surface area contributed by atoms with E-state index in [9.17, 15) is 4.79 Å². The van der Waals surface area contributed by atoms with E-state index in [1.54, 1.807) is 37.4 Å². The Balaban J connectivity index is 2.11. The molecule has 20 heavy (non-hydrogen) atoms. The monoisotopic (exact) mass is 335 g/mol. The number of halogens is 1. The van der Waals surface area contributed by atoms with Crippen molar-refractivity contribution in [2.24, 2.45) is 0 Å². The fraction of sp³-hybridized carbons (Fsp3) is 0.0714. The smallest absolute Gasteiger partial charge is 0.323 e. The first kappa shape index (κ1) is 14.2. The Labute approximate surface area is 125 Å². The van der Waals surface area contributed by atoms with E-state index in [0.717, 1.165) is 4.47 Å². The molecule has 2 rings (SSSR count). The molecule has 4 N–H and O–H groups in total. The number of urea groups is 1. The lowest BCUT2D eigenvalue weighted by molar-refractivity contribution is 0.262. The van der Waals surface area contributed by atoms with E-state index in [1.165, 1.54) is 0 Å². The zero-order valence-corrected chi connectivity index (χ0v) is 12.4. The van der Waals surface area contributed by atoms with Crippen LogP contribution >= 0.6 is 15.9 Å². The van der Waals surface area contributed by atoms with Crippen LogP contribution in [0.4, 0.5) is 21.9 Å². The zero-order chi connectivity index (χ0) is 14.5. The number of hydrogen-bond donors (Lipinski definition) is 3. The summed E-state index contributed by atoms with van der Waals surface area (Å²) < 4.78 is 5.92. The predicted molar refractivity (Wildman–Crippen MR) is 84.2 cm³/mol. The molecule has 0 spiro atoms. The number of methoxy groups -OCH3 is 1. The summed E-state index contributed by atoms with van der Waals surface area (Å²) in [7, 11) is 1.55. The van der Waals surface area contributed by atoms with Gasteiger partial charge in [-0.15, -0.1) is 0 Å². The standard InChI is InChI=1S/C14H14BrN3O2/c1-20-13-5-3-2-4-11(13)17-14(19)18-12-8-9(16)6-7-10(12)15/h2-8H,16H2,1H3,(H2,17,18,19). The van der Waals surface area contributed by atoms with E-state index in [-0.39, 0.29) is 6.03 Å². The Hall–Kier alpha value is -2.21. The van der Waals surface area contributed by atoms with E-state index in [4.69, 9.17) is 10.5 Å². The first-order valence-corrected chi connectivity index (χ1v) is 6.65. The van der Waals surface area contributed by atoms with E-state index < -0.39 is 0 Å². The SMILES string of the molecule is COc1ccccc1NC(=O)Nc1cc(N)ccc1Br. The first-order chi connectivity index (χ1) is 9.60. The summed E-state index contributed by atoms with van der Waals surface area (Å²) in [6, 6.07) is 12.0. The molecule has 104 valence electrons. The van der Waals surface area contributed by atoms with Gasteiger partial charge in [0.25, 0.3) is 0 Å². The van der Waals surface area contributed by atoms with E-state index in [1.807, 2.05) is 12.1 Å². The highest BCUT2D eigenvalue weighted by atomic mass is 79.9. The topological polar surface area (TPSA) is 76.4 Å². The van der Waals surface area contributed by atoms with Gasteiger partial charge in [-0.1, -0.05) is 12.1 Å². The van der Waals surface area contributed by atoms with Crippen molar-refractivity contribution < 1.29 is 9.53 Å². The van der Waals surface area contributed by atoms with Crippen LogP contribution in [0, 0.1) is 0 Å². The molecule has 0 unspecified atom stereocenters. The van der Waals surface area contributed by atoms with Crippen molar-refractivity contribution in [3.63, 3.8) is 0 Å². The maximum absolute atomic E-state index is 12.0. The third kappa shape index (κ3) is 3.42. The van der Waals surface area contributed by atoms with E-state index >= 15 is 0 Å². The van der Waals surface area contributed by atoms with E-state index in [2.05, 4.69) is 26.6 Å². The number of carbonyl (C=O) groups excluding carboxylic acids is 1. The molecule has 0 heterocycles. The van der Waals surface area contributed by atoms with Gasteiger partial charge in [0, 0.05) is 10.2 Å². The average molecular weight is 336 g/mol. The predicted octanol–water partition coefficient (Wildman–Crippen LogP) is 3.68. The van der Waals surface area contributed by atoms with Crippen molar-refractivity contribution in [1.82, 2.24) is 0 Å². The maximum Gasteiger partial charge on any atom is 0.323 e. The molecule has 0 radical (unpaired) electrons. The highest BCUT2D eigenvalue weighted by Crippen LogP contribution is 2.26. The molecule has 0 aliphatic heterocycles. The van der Waals surface area contributed by atoms with Crippen molar-refractivity contribution in [3.05, 3.63) is 46.9 Å². The van der Waals surface area contributed by atoms with Crippen molar-refractivity contribution in [3.8, 4) is 5.75 Å². The Morgan fingerprint density at radius 1 is 1.15 bits per heavy atom. The van der Waals surface area contributed by atoms with Crippen LogP contribution in [-0.4, -0.2) is 13.1 Å². The number of benzene rings is 2. The molecule has 0 aliphatic carbocycles. The van der Waals surface area contributed by atoms with Gasteiger partial charge in [-0.05, 0) is 46.3 Å². The number of hydrogen-bond acceptors (Lipinski definition) is 3. The normalized spacial score (nSPS) is 9.90. The molecule has 0 aromatic heterocycles. The van der Waals surface area contributed by atoms with Gasteiger partial charge < -0.3 is 21.1 Å². The second kappa shape index (κ2) is 6.29. The van der Waals surface area contributed by atoms with Gasteiger partial charge in [-0.25, -0.2) is 4.79 Å². The first-order valence-electron chi connectivity index (χ1n) is 5.86. The fourth-order valence-corrected chi connectivity index (χ4v) is 2.01. The molecule has 0 saturated carbocycles. The lowest BCUT2D eigenvalue weighted by Crippen LogP contribution is -2.20. The van der Waals surface area contributed by atoms with Crippen LogP contribution in [0.1, 0.15) is 0 Å².